The highest BCUT2D eigenvalue weighted by molar-refractivity contribution is 4.74. The summed E-state index contributed by atoms with van der Waals surface area (Å²) < 4.78 is 5.12. The van der Waals surface area contributed by atoms with Crippen LogP contribution in [0.15, 0.2) is 0 Å². The highest BCUT2D eigenvalue weighted by atomic mass is 16.5. The van der Waals surface area contributed by atoms with Gasteiger partial charge in [-0.3, -0.25) is 0 Å². The number of nitrogens with one attached hydrogen (secondary N) is 1. The lowest BCUT2D eigenvalue weighted by atomic mass is 10.1. The van der Waals surface area contributed by atoms with Crippen LogP contribution < -0.4 is 5.32 Å². The summed E-state index contributed by atoms with van der Waals surface area (Å²) in [5, 5.41) is 12.9. The van der Waals surface area contributed by atoms with Gasteiger partial charge in [0.25, 0.3) is 0 Å². The van der Waals surface area contributed by atoms with E-state index >= 15 is 0 Å². The average molecular weight is 203 g/mol. The smallest absolute Gasteiger partial charge is 0.0715 e. The first-order valence-electron chi connectivity index (χ1n) is 5.44. The molecule has 3 nitrogen and oxygen atoms in total. The monoisotopic (exact) mass is 203 g/mol. The van der Waals surface area contributed by atoms with Gasteiger partial charge >= 0.3 is 0 Å². The maximum absolute atomic E-state index is 9.56. The Hall–Kier alpha value is -0.120. The van der Waals surface area contributed by atoms with Crippen molar-refractivity contribution in [3.63, 3.8) is 0 Å². The molecule has 0 saturated carbocycles. The van der Waals surface area contributed by atoms with Gasteiger partial charge in [-0.05, 0) is 20.3 Å². The van der Waals surface area contributed by atoms with Crippen molar-refractivity contribution < 1.29 is 9.84 Å². The van der Waals surface area contributed by atoms with Gasteiger partial charge in [-0.25, -0.2) is 0 Å². The Balaban J connectivity index is 3.72. The van der Waals surface area contributed by atoms with Crippen LogP contribution in [-0.4, -0.2) is 37.0 Å². The van der Waals surface area contributed by atoms with E-state index < -0.39 is 5.60 Å². The summed E-state index contributed by atoms with van der Waals surface area (Å²) in [5.41, 5.74) is -0.641. The third kappa shape index (κ3) is 8.48. The van der Waals surface area contributed by atoms with E-state index in [4.69, 9.17) is 4.74 Å². The van der Waals surface area contributed by atoms with E-state index in [2.05, 4.69) is 12.2 Å². The van der Waals surface area contributed by atoms with Crippen LogP contribution in [0.25, 0.3) is 0 Å². The van der Waals surface area contributed by atoms with Gasteiger partial charge in [0.1, 0.15) is 0 Å². The SMILES string of the molecule is CCCCC(COC)NCC(C)(C)O. The fourth-order valence-electron chi connectivity index (χ4n) is 1.29. The van der Waals surface area contributed by atoms with Crippen molar-refractivity contribution in [1.29, 1.82) is 0 Å². The fraction of sp³-hybridized carbons (Fsp3) is 1.00. The van der Waals surface area contributed by atoms with E-state index in [1.807, 2.05) is 13.8 Å². The third-order valence-corrected chi connectivity index (χ3v) is 2.10. The first-order chi connectivity index (χ1) is 6.49. The second-order valence-corrected chi connectivity index (χ2v) is 4.49. The summed E-state index contributed by atoms with van der Waals surface area (Å²) in [6.45, 7) is 7.13. The van der Waals surface area contributed by atoms with E-state index in [-0.39, 0.29) is 0 Å². The zero-order valence-electron chi connectivity index (χ0n) is 9.97. The first kappa shape index (κ1) is 13.9. The van der Waals surface area contributed by atoms with Gasteiger partial charge in [0.2, 0.25) is 0 Å². The van der Waals surface area contributed by atoms with Crippen molar-refractivity contribution in [3.8, 4) is 0 Å². The first-order valence-corrected chi connectivity index (χ1v) is 5.44. The minimum atomic E-state index is -0.641. The van der Waals surface area contributed by atoms with E-state index in [9.17, 15) is 5.11 Å². The molecule has 1 unspecified atom stereocenters. The maximum Gasteiger partial charge on any atom is 0.0715 e. The lowest BCUT2D eigenvalue weighted by Gasteiger charge is -2.23. The molecule has 0 spiro atoms. The van der Waals surface area contributed by atoms with Crippen molar-refractivity contribution in [2.75, 3.05) is 20.3 Å². The molecule has 1 atom stereocenters. The third-order valence-electron chi connectivity index (χ3n) is 2.10. The molecule has 2 N–H and O–H groups in total. The topological polar surface area (TPSA) is 41.5 Å². The van der Waals surface area contributed by atoms with Gasteiger partial charge in [-0.1, -0.05) is 19.8 Å². The van der Waals surface area contributed by atoms with Crippen LogP contribution in [0.5, 0.6) is 0 Å². The van der Waals surface area contributed by atoms with Crippen LogP contribution in [0, 0.1) is 0 Å². The molecule has 0 saturated heterocycles. The van der Waals surface area contributed by atoms with Crippen molar-refractivity contribution in [2.24, 2.45) is 0 Å². The van der Waals surface area contributed by atoms with Crippen LogP contribution in [0.2, 0.25) is 0 Å². The Morgan fingerprint density at radius 1 is 1.43 bits per heavy atom. The number of methoxy groups -OCH3 is 1. The van der Waals surface area contributed by atoms with Crippen molar-refractivity contribution in [1.82, 2.24) is 5.32 Å². The molecule has 0 fully saturated rings. The molecule has 0 aliphatic carbocycles. The Bertz CT molecular complexity index is 132. The molecule has 0 heterocycles. The lowest BCUT2D eigenvalue weighted by Crippen LogP contribution is -2.42. The van der Waals surface area contributed by atoms with Crippen LogP contribution in [0.1, 0.15) is 40.0 Å². The molecule has 0 aromatic heterocycles. The molecular formula is C11H25NO2. The number of unbranched alkanes of at least 4 members (excludes halogenated alkanes) is 1. The Morgan fingerprint density at radius 3 is 2.50 bits per heavy atom. The average Bonchev–Trinajstić information content (AvgIpc) is 2.08. The van der Waals surface area contributed by atoms with Crippen molar-refractivity contribution in [3.05, 3.63) is 0 Å². The van der Waals surface area contributed by atoms with Crippen LogP contribution >= 0.6 is 0 Å². The normalized spacial score (nSPS) is 14.4. The van der Waals surface area contributed by atoms with Crippen LogP contribution in [-0.2, 0) is 4.74 Å². The predicted molar refractivity (Wildman–Crippen MR) is 59.5 cm³/mol. The molecule has 0 bridgehead atoms. The van der Waals surface area contributed by atoms with Gasteiger partial charge in [0.15, 0.2) is 0 Å². The molecule has 0 aliphatic rings. The minimum absolute atomic E-state index is 0.367. The summed E-state index contributed by atoms with van der Waals surface area (Å²) in [4.78, 5) is 0. The molecule has 0 aromatic carbocycles. The van der Waals surface area contributed by atoms with E-state index in [0.717, 1.165) is 13.0 Å². The van der Waals surface area contributed by atoms with Crippen LogP contribution in [0.3, 0.4) is 0 Å². The van der Waals surface area contributed by atoms with Gasteiger partial charge in [0.05, 0.1) is 12.2 Å². The van der Waals surface area contributed by atoms with Gasteiger partial charge in [0, 0.05) is 19.7 Å². The molecule has 0 aromatic rings. The molecular weight excluding hydrogens is 178 g/mol. The molecule has 86 valence electrons. The van der Waals surface area contributed by atoms with Gasteiger partial charge in [-0.15, -0.1) is 0 Å². The zero-order valence-corrected chi connectivity index (χ0v) is 9.97. The number of hydrogen-bond donors (Lipinski definition) is 2. The quantitative estimate of drug-likeness (QED) is 0.629. The van der Waals surface area contributed by atoms with Crippen LogP contribution in [0.4, 0.5) is 0 Å². The maximum atomic E-state index is 9.56. The number of aliphatic hydroxyl groups is 1. The molecule has 0 amide bonds. The standard InChI is InChI=1S/C11H25NO2/c1-5-6-7-10(8-14-4)12-9-11(2,3)13/h10,12-13H,5-9H2,1-4H3. The Labute approximate surface area is 87.8 Å². The highest BCUT2D eigenvalue weighted by Gasteiger charge is 2.15. The predicted octanol–water partition coefficient (Wildman–Crippen LogP) is 1.55. The summed E-state index contributed by atoms with van der Waals surface area (Å²) >= 11 is 0. The molecule has 0 rings (SSSR count). The largest absolute Gasteiger partial charge is 0.389 e. The Morgan fingerprint density at radius 2 is 2.07 bits per heavy atom. The molecule has 0 radical (unpaired) electrons. The molecule has 14 heavy (non-hydrogen) atoms. The second kappa shape index (κ2) is 7.21. The van der Waals surface area contributed by atoms with E-state index in [1.54, 1.807) is 7.11 Å². The van der Waals surface area contributed by atoms with E-state index in [0.29, 0.717) is 12.6 Å². The van der Waals surface area contributed by atoms with Gasteiger partial charge in [-0.2, -0.15) is 0 Å². The van der Waals surface area contributed by atoms with Gasteiger partial charge < -0.3 is 15.2 Å². The zero-order chi connectivity index (χ0) is 11.0. The van der Waals surface area contributed by atoms with Crippen molar-refractivity contribution in [2.45, 2.75) is 51.7 Å². The molecule has 3 heteroatoms. The van der Waals surface area contributed by atoms with Crippen molar-refractivity contribution >= 4 is 0 Å². The molecule has 0 aliphatic heterocycles. The summed E-state index contributed by atoms with van der Waals surface area (Å²) in [7, 11) is 1.71. The summed E-state index contributed by atoms with van der Waals surface area (Å²) in [6, 6.07) is 0.367. The lowest BCUT2D eigenvalue weighted by molar-refractivity contribution is 0.0688. The number of ether oxygens (including phenoxy) is 1. The fourth-order valence-corrected chi connectivity index (χ4v) is 1.29. The van der Waals surface area contributed by atoms with E-state index in [1.165, 1.54) is 12.8 Å². The summed E-state index contributed by atoms with van der Waals surface area (Å²) in [6.07, 6.45) is 3.51. The number of rotatable bonds is 8. The Kier molecular flexibility index (Phi) is 7.15. The summed E-state index contributed by atoms with van der Waals surface area (Å²) in [5.74, 6) is 0. The minimum Gasteiger partial charge on any atom is -0.389 e. The highest BCUT2D eigenvalue weighted by Crippen LogP contribution is 2.04. The second-order valence-electron chi connectivity index (χ2n) is 4.49. The number of hydrogen-bond acceptors (Lipinski definition) is 3.